The van der Waals surface area contributed by atoms with E-state index in [0.717, 1.165) is 6.54 Å². The summed E-state index contributed by atoms with van der Waals surface area (Å²) >= 11 is 0. The monoisotopic (exact) mass is 252 g/mol. The van der Waals surface area contributed by atoms with Crippen molar-refractivity contribution in [3.63, 3.8) is 0 Å². The van der Waals surface area contributed by atoms with Crippen LogP contribution < -0.4 is 5.73 Å². The maximum Gasteiger partial charge on any atom is 0.0706 e. The summed E-state index contributed by atoms with van der Waals surface area (Å²) in [5.74, 6) is 0.705. The van der Waals surface area contributed by atoms with E-state index in [2.05, 4.69) is 11.5 Å². The van der Waals surface area contributed by atoms with Gasteiger partial charge in [0.05, 0.1) is 12.7 Å². The zero-order chi connectivity index (χ0) is 12.8. The Bertz CT molecular complexity index is 257. The summed E-state index contributed by atoms with van der Waals surface area (Å²) in [4.78, 5) is 2.56. The largest absolute Gasteiger partial charge is 0.373 e. The number of rotatable bonds is 5. The number of hydrogen-bond donors (Lipinski definition) is 1. The van der Waals surface area contributed by atoms with Crippen LogP contribution in [0, 0.1) is 5.92 Å². The highest BCUT2D eigenvalue weighted by molar-refractivity contribution is 4.83. The highest BCUT2D eigenvalue weighted by atomic mass is 16.5. The minimum Gasteiger partial charge on any atom is -0.373 e. The van der Waals surface area contributed by atoms with Crippen LogP contribution in [-0.4, -0.2) is 43.3 Å². The summed E-state index contributed by atoms with van der Waals surface area (Å²) in [5.41, 5.74) is 6.24. The molecule has 1 saturated heterocycles. The number of nitrogens with two attached hydrogens (primary N) is 1. The Hall–Kier alpha value is -0.380. The molecule has 1 aliphatic carbocycles. The smallest absolute Gasteiger partial charge is 0.0706 e. The zero-order valence-electron chi connectivity index (χ0n) is 11.5. The van der Waals surface area contributed by atoms with Gasteiger partial charge in [-0.25, -0.2) is 0 Å². The van der Waals surface area contributed by atoms with Crippen LogP contribution in [0.2, 0.25) is 0 Å². The van der Waals surface area contributed by atoms with E-state index >= 15 is 0 Å². The summed E-state index contributed by atoms with van der Waals surface area (Å²) in [6.07, 6.45) is 9.91. The second kappa shape index (κ2) is 7.27. The molecule has 2 N–H and O–H groups in total. The van der Waals surface area contributed by atoms with Crippen molar-refractivity contribution in [3.05, 3.63) is 12.7 Å². The number of ether oxygens (including phenoxy) is 1. The Kier molecular flexibility index (Phi) is 5.67. The molecule has 3 atom stereocenters. The van der Waals surface area contributed by atoms with E-state index in [-0.39, 0.29) is 0 Å². The minimum atomic E-state index is 0.400. The van der Waals surface area contributed by atoms with Gasteiger partial charge in [0.1, 0.15) is 0 Å². The van der Waals surface area contributed by atoms with Gasteiger partial charge in [-0.15, -0.1) is 6.58 Å². The molecule has 0 bridgehead atoms. The minimum absolute atomic E-state index is 0.400. The predicted molar refractivity (Wildman–Crippen MR) is 75.5 cm³/mol. The van der Waals surface area contributed by atoms with Crippen LogP contribution in [0.5, 0.6) is 0 Å². The molecule has 0 spiro atoms. The van der Waals surface area contributed by atoms with Gasteiger partial charge in [0, 0.05) is 19.1 Å². The maximum atomic E-state index is 6.24. The lowest BCUT2D eigenvalue weighted by Gasteiger charge is -2.37. The highest BCUT2D eigenvalue weighted by Crippen LogP contribution is 2.25. The third-order valence-electron chi connectivity index (χ3n) is 4.37. The van der Waals surface area contributed by atoms with E-state index < -0.39 is 0 Å². The fraction of sp³-hybridized carbons (Fsp3) is 0.867. The Morgan fingerprint density at radius 1 is 1.22 bits per heavy atom. The molecule has 0 radical (unpaired) electrons. The molecule has 104 valence electrons. The van der Waals surface area contributed by atoms with Crippen LogP contribution in [0.3, 0.4) is 0 Å². The Morgan fingerprint density at radius 2 is 2.06 bits per heavy atom. The molecule has 0 aromatic carbocycles. The quantitative estimate of drug-likeness (QED) is 0.762. The molecule has 2 rings (SSSR count). The fourth-order valence-electron chi connectivity index (χ4n) is 3.31. The van der Waals surface area contributed by atoms with Gasteiger partial charge in [-0.1, -0.05) is 18.9 Å². The maximum absolute atomic E-state index is 6.24. The van der Waals surface area contributed by atoms with E-state index in [0.29, 0.717) is 24.7 Å². The van der Waals surface area contributed by atoms with Crippen molar-refractivity contribution < 1.29 is 4.74 Å². The topological polar surface area (TPSA) is 38.5 Å². The lowest BCUT2D eigenvalue weighted by atomic mass is 9.84. The van der Waals surface area contributed by atoms with E-state index in [9.17, 15) is 0 Å². The lowest BCUT2D eigenvalue weighted by molar-refractivity contribution is 0.00609. The molecule has 1 heterocycles. The molecular weight excluding hydrogens is 224 g/mol. The summed E-state index contributed by atoms with van der Waals surface area (Å²) in [6.45, 7) is 7.87. The molecule has 2 fully saturated rings. The third kappa shape index (κ3) is 4.08. The molecule has 3 nitrogen and oxygen atoms in total. The second-order valence-corrected chi connectivity index (χ2v) is 5.85. The van der Waals surface area contributed by atoms with Gasteiger partial charge in [0.2, 0.25) is 0 Å². The van der Waals surface area contributed by atoms with Crippen LogP contribution in [-0.2, 0) is 4.74 Å². The van der Waals surface area contributed by atoms with Crippen molar-refractivity contribution in [1.82, 2.24) is 4.90 Å². The van der Waals surface area contributed by atoms with Crippen molar-refractivity contribution in [2.24, 2.45) is 11.7 Å². The normalized spacial score (nSPS) is 34.4. The van der Waals surface area contributed by atoms with Crippen molar-refractivity contribution in [1.29, 1.82) is 0 Å². The molecule has 1 saturated carbocycles. The number of piperidine rings is 1. The highest BCUT2D eigenvalue weighted by Gasteiger charge is 2.27. The number of nitrogens with zero attached hydrogens (tertiary/aromatic N) is 1. The van der Waals surface area contributed by atoms with Crippen LogP contribution in [0.1, 0.15) is 38.5 Å². The van der Waals surface area contributed by atoms with Crippen molar-refractivity contribution in [2.45, 2.75) is 50.7 Å². The van der Waals surface area contributed by atoms with E-state index in [1.807, 2.05) is 6.08 Å². The molecule has 18 heavy (non-hydrogen) atoms. The molecule has 0 amide bonds. The average Bonchev–Trinajstić information content (AvgIpc) is 2.40. The van der Waals surface area contributed by atoms with Gasteiger partial charge in [-0.2, -0.15) is 0 Å². The van der Waals surface area contributed by atoms with Gasteiger partial charge in [-0.3, -0.25) is 0 Å². The van der Waals surface area contributed by atoms with Crippen molar-refractivity contribution >= 4 is 0 Å². The van der Waals surface area contributed by atoms with Gasteiger partial charge in [-0.05, 0) is 38.1 Å². The predicted octanol–water partition coefficient (Wildman–Crippen LogP) is 2.17. The van der Waals surface area contributed by atoms with E-state index in [1.165, 1.54) is 51.6 Å². The molecule has 0 aromatic rings. The Labute approximate surface area is 111 Å². The molecule has 3 heteroatoms. The average molecular weight is 252 g/mol. The Morgan fingerprint density at radius 3 is 2.83 bits per heavy atom. The van der Waals surface area contributed by atoms with Crippen molar-refractivity contribution in [2.75, 3.05) is 26.2 Å². The zero-order valence-corrected chi connectivity index (χ0v) is 11.5. The number of hydrogen-bond acceptors (Lipinski definition) is 3. The van der Waals surface area contributed by atoms with Gasteiger partial charge < -0.3 is 15.4 Å². The first kappa shape index (κ1) is 14.0. The third-order valence-corrected chi connectivity index (χ3v) is 4.37. The first-order valence-electron chi connectivity index (χ1n) is 7.50. The summed E-state index contributed by atoms with van der Waals surface area (Å²) in [6, 6.07) is 0.424. The lowest BCUT2D eigenvalue weighted by Crippen LogP contribution is -2.46. The van der Waals surface area contributed by atoms with Gasteiger partial charge in [0.25, 0.3) is 0 Å². The first-order chi connectivity index (χ1) is 8.79. The summed E-state index contributed by atoms with van der Waals surface area (Å²) < 4.78 is 5.79. The number of likely N-dealkylation sites (tertiary alicyclic amines) is 1. The molecule has 0 aromatic heterocycles. The summed E-state index contributed by atoms with van der Waals surface area (Å²) in [7, 11) is 0. The van der Waals surface area contributed by atoms with Crippen molar-refractivity contribution in [3.8, 4) is 0 Å². The van der Waals surface area contributed by atoms with Crippen LogP contribution >= 0.6 is 0 Å². The fourth-order valence-corrected chi connectivity index (χ4v) is 3.31. The SMILES string of the molecule is C=CCO[C@@H]1CCCN(CC2CCCCC2N)C1. The van der Waals surface area contributed by atoms with E-state index in [1.54, 1.807) is 0 Å². The van der Waals surface area contributed by atoms with Crippen LogP contribution in [0.4, 0.5) is 0 Å². The second-order valence-electron chi connectivity index (χ2n) is 5.85. The summed E-state index contributed by atoms with van der Waals surface area (Å²) in [5, 5.41) is 0. The van der Waals surface area contributed by atoms with Crippen LogP contribution in [0.15, 0.2) is 12.7 Å². The molecule has 2 aliphatic rings. The first-order valence-corrected chi connectivity index (χ1v) is 7.50. The van der Waals surface area contributed by atoms with Gasteiger partial charge >= 0.3 is 0 Å². The van der Waals surface area contributed by atoms with Gasteiger partial charge in [0.15, 0.2) is 0 Å². The molecule has 2 unspecified atom stereocenters. The molecular formula is C15H28N2O. The van der Waals surface area contributed by atoms with E-state index in [4.69, 9.17) is 10.5 Å². The molecule has 1 aliphatic heterocycles. The standard InChI is InChI=1S/C15H28N2O/c1-2-10-18-14-7-5-9-17(12-14)11-13-6-3-4-8-15(13)16/h2,13-15H,1,3-12,16H2/t13?,14-,15?/m1/s1. The van der Waals surface area contributed by atoms with Crippen LogP contribution in [0.25, 0.3) is 0 Å². The Balaban J connectivity index is 1.76.